The fourth-order valence-electron chi connectivity index (χ4n) is 8.47. The van der Waals surface area contributed by atoms with Gasteiger partial charge in [0, 0.05) is 94.0 Å². The highest BCUT2D eigenvalue weighted by molar-refractivity contribution is 5.99. The number of hydrogen-bond donors (Lipinski definition) is 3. The molecule has 0 spiro atoms. The number of piperazine rings is 1. The number of nitrogens with one attached hydrogen (secondary N) is 2. The number of rotatable bonds is 21. The van der Waals surface area contributed by atoms with Crippen molar-refractivity contribution in [3.63, 3.8) is 0 Å². The first-order valence-corrected chi connectivity index (χ1v) is 21.3. The Morgan fingerprint density at radius 3 is 2.09 bits per heavy atom. The molecule has 1 aromatic heterocycles. The van der Waals surface area contributed by atoms with Crippen molar-refractivity contribution < 1.29 is 19.4 Å². The first-order chi connectivity index (χ1) is 27.1. The van der Waals surface area contributed by atoms with Crippen LogP contribution in [0.25, 0.3) is 11.1 Å². The Morgan fingerprint density at radius 1 is 0.839 bits per heavy atom. The van der Waals surface area contributed by atoms with Crippen LogP contribution in [0.5, 0.6) is 0 Å². The number of aliphatic carboxylic acids is 1. The molecule has 2 aliphatic rings. The zero-order valence-corrected chi connectivity index (χ0v) is 34.6. The van der Waals surface area contributed by atoms with Crippen LogP contribution in [0, 0.1) is 20.8 Å². The monoisotopic (exact) mass is 770 g/mol. The maximum Gasteiger partial charge on any atom is 0.303 e. The van der Waals surface area contributed by atoms with E-state index in [1.54, 1.807) is 0 Å². The minimum absolute atomic E-state index is 0.161. The number of H-pyrrole nitrogens is 1. The van der Waals surface area contributed by atoms with E-state index < -0.39 is 5.97 Å². The van der Waals surface area contributed by atoms with Gasteiger partial charge in [-0.15, -0.1) is 0 Å². The second-order valence-corrected chi connectivity index (χ2v) is 16.1. The van der Waals surface area contributed by atoms with E-state index in [4.69, 9.17) is 9.84 Å². The molecule has 1 amide bonds. The van der Waals surface area contributed by atoms with Gasteiger partial charge in [-0.05, 0) is 106 Å². The molecule has 3 N–H and O–H groups in total. The summed E-state index contributed by atoms with van der Waals surface area (Å²) < 4.78 is 5.70. The molecule has 306 valence electrons. The first kappa shape index (κ1) is 43.1. The van der Waals surface area contributed by atoms with Gasteiger partial charge >= 0.3 is 5.97 Å². The molecule has 2 saturated heterocycles. The Morgan fingerprint density at radius 2 is 1.46 bits per heavy atom. The van der Waals surface area contributed by atoms with Gasteiger partial charge in [-0.25, -0.2) is 0 Å². The minimum atomic E-state index is -0.679. The number of carboxylic acid groups (broad SMARTS) is 1. The second kappa shape index (κ2) is 22.1. The number of carbonyl (C=O) groups is 2. The summed E-state index contributed by atoms with van der Waals surface area (Å²) >= 11 is 0. The average molecular weight is 770 g/mol. The Hall–Kier alpha value is -3.99. The fourth-order valence-corrected chi connectivity index (χ4v) is 8.47. The Labute approximate surface area is 335 Å². The summed E-state index contributed by atoms with van der Waals surface area (Å²) in [7, 11) is 0. The molecular formula is C46H67N5O5. The number of amides is 1. The molecule has 0 unspecified atom stereocenters. The van der Waals surface area contributed by atoms with E-state index in [1.807, 2.05) is 32.9 Å². The molecule has 0 atom stereocenters. The zero-order valence-electron chi connectivity index (χ0n) is 34.6. The van der Waals surface area contributed by atoms with E-state index in [1.165, 1.54) is 50.6 Å². The molecular weight excluding hydrogens is 703 g/mol. The van der Waals surface area contributed by atoms with Crippen molar-refractivity contribution in [3.8, 4) is 11.1 Å². The number of benzene rings is 2. The van der Waals surface area contributed by atoms with E-state index in [9.17, 15) is 14.4 Å². The number of carbonyl (C=O) groups excluding carboxylic acids is 1. The zero-order chi connectivity index (χ0) is 39.9. The van der Waals surface area contributed by atoms with Crippen LogP contribution in [0.15, 0.2) is 47.3 Å². The number of aromatic amines is 1. The summed E-state index contributed by atoms with van der Waals surface area (Å²) in [5, 5.41) is 11.8. The third kappa shape index (κ3) is 12.8. The smallest absolute Gasteiger partial charge is 0.303 e. The molecule has 0 bridgehead atoms. The predicted molar refractivity (Wildman–Crippen MR) is 227 cm³/mol. The molecule has 0 radical (unpaired) electrons. The number of aromatic nitrogens is 1. The number of nitrogens with zero attached hydrogens (tertiary/aromatic N) is 3. The van der Waals surface area contributed by atoms with Crippen LogP contribution in [0.3, 0.4) is 0 Å². The van der Waals surface area contributed by atoms with Crippen molar-refractivity contribution in [1.82, 2.24) is 20.1 Å². The van der Waals surface area contributed by atoms with Crippen molar-refractivity contribution in [1.29, 1.82) is 0 Å². The van der Waals surface area contributed by atoms with Gasteiger partial charge in [-0.1, -0.05) is 69.2 Å². The number of aryl methyl sites for hydroxylation is 2. The lowest BCUT2D eigenvalue weighted by atomic mass is 9.94. The van der Waals surface area contributed by atoms with Crippen LogP contribution in [0.2, 0.25) is 0 Å². The number of ether oxygens (including phenoxy) is 1. The number of pyridine rings is 1. The van der Waals surface area contributed by atoms with Gasteiger partial charge in [-0.3, -0.25) is 19.3 Å². The van der Waals surface area contributed by atoms with E-state index in [-0.39, 0.29) is 18.0 Å². The van der Waals surface area contributed by atoms with E-state index in [0.717, 1.165) is 118 Å². The maximum absolute atomic E-state index is 13.9. The quantitative estimate of drug-likeness (QED) is 0.0934. The van der Waals surface area contributed by atoms with Crippen LogP contribution in [0.4, 0.5) is 5.69 Å². The van der Waals surface area contributed by atoms with Gasteiger partial charge in [0.15, 0.2) is 0 Å². The molecule has 5 rings (SSSR count). The normalized spacial score (nSPS) is 15.6. The minimum Gasteiger partial charge on any atom is -0.481 e. The van der Waals surface area contributed by atoms with Gasteiger partial charge in [0.1, 0.15) is 0 Å². The van der Waals surface area contributed by atoms with Crippen LogP contribution in [0.1, 0.15) is 122 Å². The van der Waals surface area contributed by atoms with Crippen molar-refractivity contribution in [2.75, 3.05) is 57.4 Å². The molecule has 2 fully saturated rings. The van der Waals surface area contributed by atoms with Crippen molar-refractivity contribution in [2.45, 2.75) is 124 Å². The molecule has 56 heavy (non-hydrogen) atoms. The van der Waals surface area contributed by atoms with E-state index in [0.29, 0.717) is 23.6 Å². The topological polar surface area (TPSA) is 118 Å². The molecule has 10 heteroatoms. The molecule has 0 saturated carbocycles. The van der Waals surface area contributed by atoms with Gasteiger partial charge in [0.2, 0.25) is 0 Å². The number of carboxylic acids is 1. The Bertz CT molecular complexity index is 1760. The highest BCUT2D eigenvalue weighted by Gasteiger charge is 2.25. The van der Waals surface area contributed by atoms with Crippen LogP contribution in [-0.4, -0.2) is 90.3 Å². The summed E-state index contributed by atoms with van der Waals surface area (Å²) in [6.45, 7) is 17.0. The number of anilines is 1. The number of hydrogen-bond acceptors (Lipinski definition) is 7. The summed E-state index contributed by atoms with van der Waals surface area (Å²) in [6, 6.07) is 15.4. The standard InChI is InChI=1S/C46H67N5O5/c1-5-51(40-20-27-56-28-21-40)43-31-39(30-41(36(43)4)45(54)47-32-42-34(2)29-35(3)48-46(42)55)38-18-16-37(17-19-38)33-50-25-23-49(24-26-50)22-14-12-10-8-6-7-9-11-13-15-44(52)53/h16-19,29-31,40H,5-15,20-28,32-33H2,1-4H3,(H,47,54)(H,48,55)(H,52,53). The molecule has 0 aliphatic carbocycles. The van der Waals surface area contributed by atoms with E-state index >= 15 is 0 Å². The predicted octanol–water partition coefficient (Wildman–Crippen LogP) is 8.01. The lowest BCUT2D eigenvalue weighted by Crippen LogP contribution is -2.46. The first-order valence-electron chi connectivity index (χ1n) is 21.3. The van der Waals surface area contributed by atoms with Crippen molar-refractivity contribution in [3.05, 3.63) is 86.3 Å². The largest absolute Gasteiger partial charge is 0.481 e. The Kier molecular flexibility index (Phi) is 17.0. The van der Waals surface area contributed by atoms with Crippen molar-refractivity contribution in [2.24, 2.45) is 0 Å². The van der Waals surface area contributed by atoms with Gasteiger partial charge < -0.3 is 29.9 Å². The van der Waals surface area contributed by atoms with E-state index in [2.05, 4.69) is 62.3 Å². The number of unbranched alkanes of at least 4 members (excludes halogenated alkanes) is 8. The fraction of sp³-hybridized carbons (Fsp3) is 0.587. The third-order valence-electron chi connectivity index (χ3n) is 11.8. The maximum atomic E-state index is 13.9. The highest BCUT2D eigenvalue weighted by Crippen LogP contribution is 2.34. The molecule has 3 aromatic rings. The molecule has 10 nitrogen and oxygen atoms in total. The van der Waals surface area contributed by atoms with Crippen molar-refractivity contribution >= 4 is 17.6 Å². The van der Waals surface area contributed by atoms with Gasteiger partial charge in [-0.2, -0.15) is 0 Å². The third-order valence-corrected chi connectivity index (χ3v) is 11.8. The lowest BCUT2D eigenvalue weighted by Gasteiger charge is -2.37. The second-order valence-electron chi connectivity index (χ2n) is 16.1. The molecule has 3 heterocycles. The van der Waals surface area contributed by atoms with Crippen LogP contribution in [-0.2, 0) is 22.6 Å². The van der Waals surface area contributed by atoms with Crippen LogP contribution < -0.4 is 15.8 Å². The summed E-state index contributed by atoms with van der Waals surface area (Å²) in [5.74, 6) is -0.858. The summed E-state index contributed by atoms with van der Waals surface area (Å²) in [4.78, 5) is 47.7. The lowest BCUT2D eigenvalue weighted by molar-refractivity contribution is -0.137. The van der Waals surface area contributed by atoms with Gasteiger partial charge in [0.25, 0.3) is 11.5 Å². The Balaban J connectivity index is 1.16. The van der Waals surface area contributed by atoms with Gasteiger partial charge in [0.05, 0.1) is 0 Å². The summed E-state index contributed by atoms with van der Waals surface area (Å²) in [5.41, 5.74) is 8.14. The molecule has 2 aromatic carbocycles. The SMILES string of the molecule is CCN(c1cc(-c2ccc(CN3CCN(CCCCCCCCCCCC(=O)O)CC3)cc2)cc(C(=O)NCc2c(C)cc(C)[nH]c2=O)c1C)C1CCOCC1. The van der Waals surface area contributed by atoms with Crippen LogP contribution >= 0.6 is 0 Å². The average Bonchev–Trinajstić information content (AvgIpc) is 3.18. The molecule has 2 aliphatic heterocycles. The summed E-state index contributed by atoms with van der Waals surface area (Å²) in [6.07, 6.45) is 12.9. The highest BCUT2D eigenvalue weighted by atomic mass is 16.5.